The summed E-state index contributed by atoms with van der Waals surface area (Å²) in [4.78, 5) is 4.10. The average molecular weight is 261 g/mol. The SMILES string of the molecule is [CH2-]CC1(C[C-]=C([O-])O[N]=[Ni])CC(F)(F)C1. The van der Waals surface area contributed by atoms with Crippen molar-refractivity contribution in [3.63, 3.8) is 0 Å². The molecule has 3 nitrogen and oxygen atoms in total. The van der Waals surface area contributed by atoms with Crippen molar-refractivity contribution in [2.24, 2.45) is 9.61 Å². The van der Waals surface area contributed by atoms with Crippen LogP contribution in [0.15, 0.2) is 10.1 Å². The monoisotopic (exact) mass is 260 g/mol. The van der Waals surface area contributed by atoms with E-state index in [0.29, 0.717) is 6.42 Å². The Morgan fingerprint density at radius 1 is 1.60 bits per heavy atom. The zero-order valence-corrected chi connectivity index (χ0v) is 8.86. The Balaban J connectivity index is 2.49. The molecule has 0 aromatic rings. The Labute approximate surface area is 94.6 Å². The normalized spacial score (nSPS) is 23.1. The van der Waals surface area contributed by atoms with Gasteiger partial charge in [-0.2, -0.15) is 0 Å². The molecule has 0 bridgehead atoms. The third kappa shape index (κ3) is 3.23. The van der Waals surface area contributed by atoms with Gasteiger partial charge in [0, 0.05) is 0 Å². The zero-order chi connectivity index (χ0) is 11.5. The van der Waals surface area contributed by atoms with Crippen LogP contribution < -0.4 is 5.11 Å². The Kier molecular flexibility index (Phi) is 3.82. The van der Waals surface area contributed by atoms with Crippen molar-refractivity contribution in [1.82, 2.24) is 0 Å². The van der Waals surface area contributed by atoms with Crippen LogP contribution in [0.4, 0.5) is 8.78 Å². The summed E-state index contributed by atoms with van der Waals surface area (Å²) in [7, 11) is 0. The Morgan fingerprint density at radius 3 is 2.60 bits per heavy atom. The fourth-order valence-electron chi connectivity index (χ4n) is 1.75. The van der Waals surface area contributed by atoms with E-state index in [1.54, 1.807) is 0 Å². The minimum absolute atomic E-state index is 0.112. The van der Waals surface area contributed by atoms with Crippen LogP contribution in [0.25, 0.3) is 0 Å². The second-order valence-corrected chi connectivity index (χ2v) is 3.93. The predicted octanol–water partition coefficient (Wildman–Crippen LogP) is 1.68. The first-order valence-corrected chi connectivity index (χ1v) is 4.78. The molecule has 0 saturated heterocycles. The summed E-state index contributed by atoms with van der Waals surface area (Å²) in [6.45, 7) is 3.60. The zero-order valence-electron chi connectivity index (χ0n) is 7.87. The predicted molar refractivity (Wildman–Crippen MR) is 41.5 cm³/mol. The van der Waals surface area contributed by atoms with Gasteiger partial charge in [-0.05, 0) is 0 Å². The van der Waals surface area contributed by atoms with Crippen LogP contribution in [0.3, 0.4) is 0 Å². The Morgan fingerprint density at radius 2 is 2.20 bits per heavy atom. The maximum atomic E-state index is 12.7. The van der Waals surface area contributed by atoms with Crippen LogP contribution in [-0.2, 0) is 20.1 Å². The second kappa shape index (κ2) is 4.56. The average Bonchev–Trinajstić information content (AvgIpc) is 2.11. The van der Waals surface area contributed by atoms with Crippen LogP contribution in [-0.4, -0.2) is 5.92 Å². The van der Waals surface area contributed by atoms with Crippen LogP contribution in [0.2, 0.25) is 0 Å². The summed E-state index contributed by atoms with van der Waals surface area (Å²) >= 11 is 3.78. The van der Waals surface area contributed by atoms with E-state index in [1.807, 2.05) is 0 Å². The Hall–Kier alpha value is -0.506. The van der Waals surface area contributed by atoms with Gasteiger partial charge in [-0.25, -0.2) is 0 Å². The third-order valence-corrected chi connectivity index (χ3v) is 2.61. The first-order valence-electron chi connectivity index (χ1n) is 4.34. The second-order valence-electron chi connectivity index (χ2n) is 3.75. The molecule has 0 N–H and O–H groups in total. The fourth-order valence-corrected chi connectivity index (χ4v) is 1.84. The number of nitrogens with zero attached hydrogens (tertiary/aromatic N) is 1. The van der Waals surface area contributed by atoms with Gasteiger partial charge < -0.3 is 0 Å². The molecule has 1 aliphatic rings. The molecule has 6 heteroatoms. The van der Waals surface area contributed by atoms with Crippen molar-refractivity contribution >= 4 is 0 Å². The molecule has 0 unspecified atom stereocenters. The van der Waals surface area contributed by atoms with E-state index in [1.165, 1.54) is 0 Å². The molecule has 15 heavy (non-hydrogen) atoms. The van der Waals surface area contributed by atoms with E-state index < -0.39 is 17.3 Å². The number of hydrogen-bond donors (Lipinski definition) is 0. The Bertz CT molecular complexity index is 273. The fraction of sp³-hybridized carbons (Fsp3) is 0.667. The van der Waals surface area contributed by atoms with Crippen molar-refractivity contribution in [2.45, 2.75) is 31.6 Å². The number of allylic oxidation sites excluding steroid dienone is 1. The van der Waals surface area contributed by atoms with Crippen molar-refractivity contribution in [3.05, 3.63) is 18.9 Å². The first kappa shape index (κ1) is 12.6. The summed E-state index contributed by atoms with van der Waals surface area (Å²) in [5.41, 5.74) is -0.618. The van der Waals surface area contributed by atoms with Gasteiger partial charge >= 0.3 is 94.2 Å². The van der Waals surface area contributed by atoms with Gasteiger partial charge in [0.1, 0.15) is 0 Å². The van der Waals surface area contributed by atoms with Crippen LogP contribution in [0.1, 0.15) is 25.7 Å². The summed E-state index contributed by atoms with van der Waals surface area (Å²) in [6, 6.07) is 0. The van der Waals surface area contributed by atoms with Crippen molar-refractivity contribution in [2.75, 3.05) is 0 Å². The molecule has 0 spiro atoms. The van der Waals surface area contributed by atoms with Gasteiger partial charge in [0.15, 0.2) is 0 Å². The van der Waals surface area contributed by atoms with Gasteiger partial charge in [0.05, 0.1) is 0 Å². The molecule has 1 rings (SSSR count). The molecule has 0 atom stereocenters. The van der Waals surface area contributed by atoms with Crippen molar-refractivity contribution in [3.8, 4) is 0 Å². The van der Waals surface area contributed by atoms with E-state index in [4.69, 9.17) is 0 Å². The van der Waals surface area contributed by atoms with E-state index in [9.17, 15) is 13.9 Å². The molecular weight excluding hydrogens is 251 g/mol. The van der Waals surface area contributed by atoms with Gasteiger partial charge in [0.25, 0.3) is 0 Å². The molecule has 0 amide bonds. The number of rotatable bonds is 5. The molecular formula is C9H10F2NNiO2-3. The van der Waals surface area contributed by atoms with Crippen LogP contribution >= 0.6 is 0 Å². The summed E-state index contributed by atoms with van der Waals surface area (Å²) < 4.78 is 28.2. The molecule has 1 aliphatic carbocycles. The first-order chi connectivity index (χ1) is 6.93. The van der Waals surface area contributed by atoms with Crippen molar-refractivity contribution < 1.29 is 34.0 Å². The molecule has 0 radical (unpaired) electrons. The molecule has 0 aliphatic heterocycles. The van der Waals surface area contributed by atoms with Gasteiger partial charge in [-0.1, -0.05) is 0 Å². The maximum absolute atomic E-state index is 12.7. The van der Waals surface area contributed by atoms with Crippen molar-refractivity contribution in [1.29, 1.82) is 0 Å². The van der Waals surface area contributed by atoms with Gasteiger partial charge in [-0.3, -0.25) is 0 Å². The summed E-state index contributed by atoms with van der Waals surface area (Å²) in [5.74, 6) is -3.45. The molecule has 0 aromatic carbocycles. The molecule has 0 heterocycles. The van der Waals surface area contributed by atoms with Gasteiger partial charge in [-0.15, -0.1) is 0 Å². The number of hydrogen-bond acceptors (Lipinski definition) is 3. The summed E-state index contributed by atoms with van der Waals surface area (Å²) in [6.07, 6.45) is 2.28. The standard InChI is InChI=1S/C9H11F2NO2.Ni/c1-2-8(4-3-7(13)14-12)5-9(10,11)6-8;/h13H,1-2,4-6H2;/q-2;/p-1. The minimum atomic E-state index is -2.63. The topological polar surface area (TPSA) is 44.6 Å². The molecule has 1 fully saturated rings. The van der Waals surface area contributed by atoms with Crippen LogP contribution in [0, 0.1) is 18.4 Å². The van der Waals surface area contributed by atoms with Crippen LogP contribution in [0.5, 0.6) is 0 Å². The number of alkyl halides is 2. The molecule has 1 saturated carbocycles. The summed E-state index contributed by atoms with van der Waals surface area (Å²) in [5, 5.41) is 10.8. The van der Waals surface area contributed by atoms with Gasteiger partial charge in [0.2, 0.25) is 0 Å². The van der Waals surface area contributed by atoms with E-state index >= 15 is 0 Å². The quantitative estimate of drug-likeness (QED) is 0.327. The molecule has 90 valence electrons. The molecule has 0 aromatic heterocycles. The number of halogens is 2. The van der Waals surface area contributed by atoms with E-state index in [0.717, 1.165) is 0 Å². The van der Waals surface area contributed by atoms with E-state index in [-0.39, 0.29) is 19.3 Å². The third-order valence-electron chi connectivity index (χ3n) is 2.52. The van der Waals surface area contributed by atoms with E-state index in [2.05, 4.69) is 37.3 Å².